The Morgan fingerprint density at radius 2 is 2.11 bits per heavy atom. The number of hydrogen-bond donors (Lipinski definition) is 1. The van der Waals surface area contributed by atoms with Crippen LogP contribution in [0.2, 0.25) is 0 Å². The lowest BCUT2D eigenvalue weighted by Crippen LogP contribution is -2.40. The summed E-state index contributed by atoms with van der Waals surface area (Å²) >= 11 is 0. The summed E-state index contributed by atoms with van der Waals surface area (Å²) in [5.41, 5.74) is -1.90. The van der Waals surface area contributed by atoms with E-state index < -0.39 is 30.1 Å². The molecule has 100 valence electrons. The number of aliphatic hydroxyl groups excluding tert-OH is 1. The number of benzene rings is 1. The summed E-state index contributed by atoms with van der Waals surface area (Å²) < 4.78 is 55.7. The number of aliphatic hydroxyl groups is 1. The summed E-state index contributed by atoms with van der Waals surface area (Å²) in [6, 6.07) is 2.84. The standard InChI is InChI=1S/C12H12F4O2/c1-11(6-13)5-9(17)8-3-2-7(12(14,15)16)4-10(8)18-11/h2-4,9,17H,5-6H2,1H3. The molecule has 0 fully saturated rings. The Morgan fingerprint density at radius 1 is 1.44 bits per heavy atom. The molecule has 1 heterocycles. The van der Waals surface area contributed by atoms with Crippen molar-refractivity contribution in [1.29, 1.82) is 0 Å². The van der Waals surface area contributed by atoms with E-state index in [2.05, 4.69) is 0 Å². The Kier molecular flexibility index (Phi) is 3.01. The van der Waals surface area contributed by atoms with Crippen LogP contribution in [0, 0.1) is 0 Å². The minimum atomic E-state index is -4.49. The Balaban J connectivity index is 2.43. The van der Waals surface area contributed by atoms with Gasteiger partial charge in [0.25, 0.3) is 0 Å². The number of ether oxygens (including phenoxy) is 1. The van der Waals surface area contributed by atoms with Crippen molar-refractivity contribution >= 4 is 0 Å². The summed E-state index contributed by atoms with van der Waals surface area (Å²) in [5.74, 6) is -0.108. The maximum Gasteiger partial charge on any atom is 0.416 e. The van der Waals surface area contributed by atoms with Crippen LogP contribution in [-0.4, -0.2) is 17.4 Å². The molecule has 0 bridgehead atoms. The molecule has 1 N–H and O–H groups in total. The highest BCUT2D eigenvalue weighted by Gasteiger charge is 2.39. The predicted molar refractivity (Wildman–Crippen MR) is 56.0 cm³/mol. The zero-order chi connectivity index (χ0) is 13.6. The van der Waals surface area contributed by atoms with Gasteiger partial charge in [0, 0.05) is 12.0 Å². The first kappa shape index (κ1) is 13.1. The van der Waals surface area contributed by atoms with Crippen molar-refractivity contribution in [3.8, 4) is 5.75 Å². The molecular weight excluding hydrogens is 252 g/mol. The molecule has 1 aliphatic rings. The molecule has 0 spiro atoms. The summed E-state index contributed by atoms with van der Waals surface area (Å²) in [6.07, 6.45) is -5.49. The number of fused-ring (bicyclic) bond motifs is 1. The van der Waals surface area contributed by atoms with Gasteiger partial charge >= 0.3 is 6.18 Å². The van der Waals surface area contributed by atoms with E-state index in [4.69, 9.17) is 4.74 Å². The lowest BCUT2D eigenvalue weighted by molar-refractivity contribution is -0.138. The number of hydrogen-bond acceptors (Lipinski definition) is 2. The molecule has 0 saturated carbocycles. The highest BCUT2D eigenvalue weighted by Crippen LogP contribution is 2.42. The average Bonchev–Trinajstić information content (AvgIpc) is 2.27. The van der Waals surface area contributed by atoms with Crippen LogP contribution in [-0.2, 0) is 6.18 Å². The highest BCUT2D eigenvalue weighted by molar-refractivity contribution is 5.42. The molecule has 6 heteroatoms. The van der Waals surface area contributed by atoms with Crippen molar-refractivity contribution in [2.24, 2.45) is 0 Å². The normalized spacial score (nSPS) is 27.6. The smallest absolute Gasteiger partial charge is 0.416 e. The van der Waals surface area contributed by atoms with E-state index in [1.54, 1.807) is 0 Å². The topological polar surface area (TPSA) is 29.5 Å². The molecule has 0 amide bonds. The second kappa shape index (κ2) is 4.12. The van der Waals surface area contributed by atoms with Crippen LogP contribution in [0.1, 0.15) is 30.6 Å². The number of halogens is 4. The van der Waals surface area contributed by atoms with Crippen molar-refractivity contribution < 1.29 is 27.4 Å². The van der Waals surface area contributed by atoms with E-state index in [9.17, 15) is 22.7 Å². The van der Waals surface area contributed by atoms with Gasteiger partial charge in [-0.15, -0.1) is 0 Å². The van der Waals surface area contributed by atoms with Crippen molar-refractivity contribution in [3.05, 3.63) is 29.3 Å². The summed E-state index contributed by atoms with van der Waals surface area (Å²) in [4.78, 5) is 0. The molecule has 0 radical (unpaired) electrons. The van der Waals surface area contributed by atoms with E-state index in [-0.39, 0.29) is 17.7 Å². The second-order valence-electron chi connectivity index (χ2n) is 4.66. The van der Waals surface area contributed by atoms with Gasteiger partial charge in [-0.25, -0.2) is 4.39 Å². The molecule has 0 aliphatic carbocycles. The zero-order valence-corrected chi connectivity index (χ0v) is 9.59. The van der Waals surface area contributed by atoms with E-state index in [0.29, 0.717) is 0 Å². The maximum atomic E-state index is 12.8. The van der Waals surface area contributed by atoms with Crippen molar-refractivity contribution in [2.75, 3.05) is 6.67 Å². The van der Waals surface area contributed by atoms with Gasteiger partial charge in [0.2, 0.25) is 0 Å². The lowest BCUT2D eigenvalue weighted by Gasteiger charge is -2.36. The van der Waals surface area contributed by atoms with Crippen molar-refractivity contribution in [2.45, 2.75) is 31.2 Å². The minimum Gasteiger partial charge on any atom is -0.484 e. The predicted octanol–water partition coefficient (Wildman–Crippen LogP) is 3.25. The Labute approximate surface area is 101 Å². The first-order chi connectivity index (χ1) is 8.25. The highest BCUT2D eigenvalue weighted by atomic mass is 19.4. The van der Waals surface area contributed by atoms with Gasteiger partial charge in [-0.05, 0) is 19.1 Å². The average molecular weight is 264 g/mol. The molecule has 0 aromatic heterocycles. The van der Waals surface area contributed by atoms with Gasteiger partial charge in [-0.2, -0.15) is 13.2 Å². The molecule has 2 unspecified atom stereocenters. The molecule has 2 nitrogen and oxygen atoms in total. The number of alkyl halides is 4. The van der Waals surface area contributed by atoms with Crippen LogP contribution < -0.4 is 4.74 Å². The maximum absolute atomic E-state index is 12.8. The first-order valence-corrected chi connectivity index (χ1v) is 5.39. The van der Waals surface area contributed by atoms with Crippen LogP contribution in [0.25, 0.3) is 0 Å². The quantitative estimate of drug-likeness (QED) is 0.789. The van der Waals surface area contributed by atoms with Gasteiger partial charge in [-0.3, -0.25) is 0 Å². The molecule has 1 aromatic carbocycles. The molecule has 18 heavy (non-hydrogen) atoms. The van der Waals surface area contributed by atoms with Crippen molar-refractivity contribution in [1.82, 2.24) is 0 Å². The van der Waals surface area contributed by atoms with E-state index in [0.717, 1.165) is 12.1 Å². The van der Waals surface area contributed by atoms with Gasteiger partial charge in [0.15, 0.2) is 0 Å². The monoisotopic (exact) mass is 264 g/mol. The van der Waals surface area contributed by atoms with E-state index in [1.165, 1.54) is 13.0 Å². The Morgan fingerprint density at radius 3 is 2.67 bits per heavy atom. The zero-order valence-electron chi connectivity index (χ0n) is 9.59. The largest absolute Gasteiger partial charge is 0.484 e. The second-order valence-corrected chi connectivity index (χ2v) is 4.66. The number of rotatable bonds is 1. The van der Waals surface area contributed by atoms with Gasteiger partial charge in [-0.1, -0.05) is 6.07 Å². The van der Waals surface area contributed by atoms with E-state index in [1.807, 2.05) is 0 Å². The minimum absolute atomic E-state index is 0.0157. The molecule has 2 rings (SSSR count). The van der Waals surface area contributed by atoms with Crippen LogP contribution in [0.5, 0.6) is 5.75 Å². The molecule has 2 atom stereocenters. The van der Waals surface area contributed by atoms with Crippen LogP contribution in [0.15, 0.2) is 18.2 Å². The first-order valence-electron chi connectivity index (χ1n) is 5.39. The third-order valence-corrected chi connectivity index (χ3v) is 2.96. The van der Waals surface area contributed by atoms with E-state index >= 15 is 0 Å². The third-order valence-electron chi connectivity index (χ3n) is 2.96. The van der Waals surface area contributed by atoms with Gasteiger partial charge < -0.3 is 9.84 Å². The van der Waals surface area contributed by atoms with Crippen LogP contribution >= 0.6 is 0 Å². The van der Waals surface area contributed by atoms with Crippen LogP contribution in [0.3, 0.4) is 0 Å². The summed E-state index contributed by atoms with van der Waals surface area (Å²) in [7, 11) is 0. The fourth-order valence-electron chi connectivity index (χ4n) is 1.98. The van der Waals surface area contributed by atoms with Gasteiger partial charge in [0.1, 0.15) is 18.0 Å². The van der Waals surface area contributed by atoms with Crippen LogP contribution in [0.4, 0.5) is 17.6 Å². The molecule has 1 aromatic rings. The summed E-state index contributed by atoms with van der Waals surface area (Å²) in [6.45, 7) is 0.541. The van der Waals surface area contributed by atoms with Gasteiger partial charge in [0.05, 0.1) is 11.7 Å². The summed E-state index contributed by atoms with van der Waals surface area (Å²) in [5, 5.41) is 9.79. The lowest BCUT2D eigenvalue weighted by atomic mass is 9.90. The van der Waals surface area contributed by atoms with Crippen molar-refractivity contribution in [3.63, 3.8) is 0 Å². The Bertz CT molecular complexity index is 458. The molecule has 1 aliphatic heterocycles. The Hall–Kier alpha value is -1.30. The SMILES string of the molecule is CC1(CF)CC(O)c2ccc(C(F)(F)F)cc2O1. The third kappa shape index (κ3) is 2.29. The molecule has 0 saturated heterocycles. The fourth-order valence-corrected chi connectivity index (χ4v) is 1.98. The molecular formula is C12H12F4O2. The fraction of sp³-hybridized carbons (Fsp3) is 0.500.